The summed E-state index contributed by atoms with van der Waals surface area (Å²) in [7, 11) is 0. The number of benzene rings is 2. The summed E-state index contributed by atoms with van der Waals surface area (Å²) in [6.45, 7) is 7.73. The van der Waals surface area contributed by atoms with E-state index in [1.807, 2.05) is 11.8 Å². The highest BCUT2D eigenvalue weighted by Crippen LogP contribution is 2.31. The molecule has 190 valence electrons. The highest BCUT2D eigenvalue weighted by Gasteiger charge is 2.38. The second-order valence-electron chi connectivity index (χ2n) is 9.57. The average Bonchev–Trinajstić information content (AvgIpc) is 2.81. The minimum absolute atomic E-state index is 0.0831. The molecule has 4 N–H and O–H groups in total. The van der Waals surface area contributed by atoms with Crippen LogP contribution in [0.1, 0.15) is 37.8 Å². The second-order valence-corrected chi connectivity index (χ2v) is 10.4. The van der Waals surface area contributed by atoms with E-state index in [9.17, 15) is 14.0 Å². The maximum atomic E-state index is 13.3. The van der Waals surface area contributed by atoms with E-state index in [0.29, 0.717) is 41.7 Å². The summed E-state index contributed by atoms with van der Waals surface area (Å²) < 4.78 is 13.2. The number of piperazine rings is 1. The van der Waals surface area contributed by atoms with Gasteiger partial charge in [0.25, 0.3) is 0 Å². The number of primary amides is 1. The zero-order chi connectivity index (χ0) is 25.9. The van der Waals surface area contributed by atoms with E-state index < -0.39 is 17.9 Å². The highest BCUT2D eigenvalue weighted by atomic mass is 35.5. The van der Waals surface area contributed by atoms with Gasteiger partial charge in [0.05, 0.1) is 22.0 Å². The van der Waals surface area contributed by atoms with E-state index in [1.165, 1.54) is 12.1 Å². The van der Waals surface area contributed by atoms with Crippen LogP contribution >= 0.6 is 23.2 Å². The molecule has 1 aliphatic heterocycles. The van der Waals surface area contributed by atoms with Crippen LogP contribution < -0.4 is 11.5 Å². The predicted molar refractivity (Wildman–Crippen MR) is 138 cm³/mol. The molecule has 0 saturated carbocycles. The molecule has 4 unspecified atom stereocenters. The van der Waals surface area contributed by atoms with Crippen LogP contribution in [0.4, 0.5) is 4.39 Å². The van der Waals surface area contributed by atoms with E-state index in [-0.39, 0.29) is 29.7 Å². The van der Waals surface area contributed by atoms with Gasteiger partial charge in [0.2, 0.25) is 11.8 Å². The first-order valence-electron chi connectivity index (χ1n) is 11.8. The number of hydrogen-bond donors (Lipinski definition) is 2. The van der Waals surface area contributed by atoms with Gasteiger partial charge in [-0.2, -0.15) is 0 Å². The molecule has 1 aliphatic rings. The summed E-state index contributed by atoms with van der Waals surface area (Å²) in [5.41, 5.74) is 13.6. The quantitative estimate of drug-likeness (QED) is 0.550. The summed E-state index contributed by atoms with van der Waals surface area (Å²) in [6, 6.07) is 10.1. The first kappa shape index (κ1) is 27.4. The molecule has 0 bridgehead atoms. The van der Waals surface area contributed by atoms with Crippen molar-refractivity contribution in [2.24, 2.45) is 17.4 Å². The third-order valence-electron chi connectivity index (χ3n) is 6.86. The Morgan fingerprint density at radius 1 is 1.06 bits per heavy atom. The van der Waals surface area contributed by atoms with Crippen molar-refractivity contribution in [1.82, 2.24) is 9.80 Å². The number of rotatable bonds is 8. The maximum absolute atomic E-state index is 13.3. The molecule has 2 aromatic carbocycles. The number of hydrogen-bond acceptors (Lipinski definition) is 4. The molecule has 6 nitrogen and oxygen atoms in total. The van der Waals surface area contributed by atoms with Crippen LogP contribution in [0.2, 0.25) is 10.0 Å². The second kappa shape index (κ2) is 11.7. The van der Waals surface area contributed by atoms with Crippen molar-refractivity contribution in [2.75, 3.05) is 19.6 Å². The van der Waals surface area contributed by atoms with E-state index in [0.717, 1.165) is 5.56 Å². The van der Waals surface area contributed by atoms with Gasteiger partial charge < -0.3 is 16.4 Å². The molecular weight excluding hydrogens is 490 g/mol. The molecule has 1 fully saturated rings. The first-order valence-corrected chi connectivity index (χ1v) is 12.5. The van der Waals surface area contributed by atoms with Crippen LogP contribution in [-0.4, -0.2) is 59.4 Å². The van der Waals surface area contributed by atoms with Crippen LogP contribution in [0.15, 0.2) is 42.5 Å². The standard InChI is InChI=1S/C26H33Cl2FN4O2/c1-15(2)23-14-32(16(3)24(25(31)34)18-6-9-20(27)21(28)13-18)10-11-33(23)26(35)22(30)12-17-4-7-19(29)8-5-17/h4-9,13,15-16,22-24H,10-12,14,30H2,1-3H3,(H2,31,34). The van der Waals surface area contributed by atoms with Gasteiger partial charge in [-0.15, -0.1) is 0 Å². The summed E-state index contributed by atoms with van der Waals surface area (Å²) in [4.78, 5) is 29.8. The fraction of sp³-hybridized carbons (Fsp3) is 0.462. The predicted octanol–water partition coefficient (Wildman–Crippen LogP) is 3.83. The van der Waals surface area contributed by atoms with Crippen LogP contribution in [0.5, 0.6) is 0 Å². The molecule has 2 aromatic rings. The number of amides is 2. The lowest BCUT2D eigenvalue weighted by Gasteiger charge is -2.47. The number of halogens is 3. The van der Waals surface area contributed by atoms with Crippen LogP contribution in [0, 0.1) is 11.7 Å². The van der Waals surface area contributed by atoms with Crippen molar-refractivity contribution in [3.8, 4) is 0 Å². The SMILES string of the molecule is CC(C)C1CN(C(C)C(C(N)=O)c2ccc(Cl)c(Cl)c2)CCN1C(=O)C(N)Cc1ccc(F)cc1. The Labute approximate surface area is 216 Å². The Kier molecular flexibility index (Phi) is 9.16. The molecule has 3 rings (SSSR count). The molecule has 0 aliphatic carbocycles. The van der Waals surface area contributed by atoms with E-state index in [4.69, 9.17) is 34.7 Å². The molecule has 35 heavy (non-hydrogen) atoms. The Morgan fingerprint density at radius 3 is 2.29 bits per heavy atom. The molecule has 1 saturated heterocycles. The van der Waals surface area contributed by atoms with E-state index in [1.54, 1.807) is 30.3 Å². The molecule has 0 spiro atoms. The Morgan fingerprint density at radius 2 is 1.71 bits per heavy atom. The lowest BCUT2D eigenvalue weighted by Crippen LogP contribution is -2.62. The zero-order valence-electron chi connectivity index (χ0n) is 20.3. The van der Waals surface area contributed by atoms with Gasteiger partial charge in [-0.3, -0.25) is 14.5 Å². The fourth-order valence-corrected chi connectivity index (χ4v) is 5.12. The molecular formula is C26H33Cl2FN4O2. The van der Waals surface area contributed by atoms with Crippen LogP contribution in [0.3, 0.4) is 0 Å². The summed E-state index contributed by atoms with van der Waals surface area (Å²) in [5, 5.41) is 0.781. The van der Waals surface area contributed by atoms with E-state index >= 15 is 0 Å². The lowest BCUT2D eigenvalue weighted by molar-refractivity contribution is -0.140. The van der Waals surface area contributed by atoms with Crippen molar-refractivity contribution >= 4 is 35.0 Å². The minimum Gasteiger partial charge on any atom is -0.369 e. The number of nitrogens with zero attached hydrogens (tertiary/aromatic N) is 2. The summed E-state index contributed by atoms with van der Waals surface area (Å²) in [5.74, 6) is -1.31. The van der Waals surface area contributed by atoms with Crippen molar-refractivity contribution in [1.29, 1.82) is 0 Å². The monoisotopic (exact) mass is 522 g/mol. The third-order valence-corrected chi connectivity index (χ3v) is 7.60. The molecule has 4 atom stereocenters. The Hall–Kier alpha value is -2.19. The van der Waals surface area contributed by atoms with Gasteiger partial charge in [0, 0.05) is 31.7 Å². The van der Waals surface area contributed by atoms with Gasteiger partial charge in [0.15, 0.2) is 0 Å². The molecule has 2 amide bonds. The minimum atomic E-state index is -0.722. The molecule has 0 radical (unpaired) electrons. The number of carbonyl (C=O) groups excluding carboxylic acids is 2. The first-order chi connectivity index (χ1) is 16.5. The van der Waals surface area contributed by atoms with Gasteiger partial charge in [-0.05, 0) is 54.7 Å². The normalized spacial score (nSPS) is 19.4. The summed E-state index contributed by atoms with van der Waals surface area (Å²) in [6.07, 6.45) is 0.335. The van der Waals surface area contributed by atoms with Crippen molar-refractivity contribution < 1.29 is 14.0 Å². The molecule has 1 heterocycles. The molecule has 9 heteroatoms. The smallest absolute Gasteiger partial charge is 0.240 e. The largest absolute Gasteiger partial charge is 0.369 e. The van der Waals surface area contributed by atoms with Gasteiger partial charge in [-0.25, -0.2) is 4.39 Å². The number of nitrogens with two attached hydrogens (primary N) is 2. The van der Waals surface area contributed by atoms with E-state index in [2.05, 4.69) is 18.7 Å². The third kappa shape index (κ3) is 6.53. The van der Waals surface area contributed by atoms with Crippen LogP contribution in [0.25, 0.3) is 0 Å². The number of carbonyl (C=O) groups is 2. The maximum Gasteiger partial charge on any atom is 0.240 e. The topological polar surface area (TPSA) is 92.7 Å². The lowest BCUT2D eigenvalue weighted by atomic mass is 9.88. The molecule has 0 aromatic heterocycles. The Balaban J connectivity index is 1.74. The zero-order valence-corrected chi connectivity index (χ0v) is 21.8. The van der Waals surface area contributed by atoms with Gasteiger partial charge in [-0.1, -0.05) is 55.2 Å². The summed E-state index contributed by atoms with van der Waals surface area (Å²) >= 11 is 12.2. The highest BCUT2D eigenvalue weighted by molar-refractivity contribution is 6.42. The fourth-order valence-electron chi connectivity index (χ4n) is 4.82. The van der Waals surface area contributed by atoms with Crippen molar-refractivity contribution in [3.63, 3.8) is 0 Å². The van der Waals surface area contributed by atoms with Gasteiger partial charge in [0.1, 0.15) is 5.82 Å². The van der Waals surface area contributed by atoms with Crippen molar-refractivity contribution in [2.45, 2.75) is 51.2 Å². The van der Waals surface area contributed by atoms with Crippen molar-refractivity contribution in [3.05, 3.63) is 69.5 Å². The van der Waals surface area contributed by atoms with Crippen LogP contribution in [-0.2, 0) is 16.0 Å². The van der Waals surface area contributed by atoms with Gasteiger partial charge >= 0.3 is 0 Å². The Bertz CT molecular complexity index is 1050. The average molecular weight is 523 g/mol.